The summed E-state index contributed by atoms with van der Waals surface area (Å²) < 4.78 is 18.0. The van der Waals surface area contributed by atoms with E-state index in [1.165, 1.54) is 16.7 Å². The molecule has 0 bridgehead atoms. The molecule has 1 N–H and O–H groups in total. The molecular formula is C47H46O4. The van der Waals surface area contributed by atoms with Crippen molar-refractivity contribution < 1.29 is 19.3 Å². The number of aliphatic hydroxyl groups excluding tert-OH is 1. The van der Waals surface area contributed by atoms with Crippen LogP contribution in [0.2, 0.25) is 0 Å². The summed E-state index contributed by atoms with van der Waals surface area (Å²) in [6.45, 7) is 17.4. The molecule has 0 saturated carbocycles. The molecule has 4 nitrogen and oxygen atoms in total. The van der Waals surface area contributed by atoms with Gasteiger partial charge in [0.15, 0.2) is 0 Å². The van der Waals surface area contributed by atoms with E-state index in [0.717, 1.165) is 79.1 Å². The van der Waals surface area contributed by atoms with Crippen LogP contribution in [0.3, 0.4) is 0 Å². The minimum atomic E-state index is -0.110. The third-order valence-corrected chi connectivity index (χ3v) is 9.18. The van der Waals surface area contributed by atoms with Crippen LogP contribution in [0.1, 0.15) is 37.8 Å². The highest BCUT2D eigenvalue weighted by Gasteiger charge is 2.21. The number of allylic oxidation sites excluding steroid dienone is 13. The highest BCUT2D eigenvalue weighted by molar-refractivity contribution is 6.11. The fourth-order valence-corrected chi connectivity index (χ4v) is 6.67. The highest BCUT2D eigenvalue weighted by Crippen LogP contribution is 2.47. The van der Waals surface area contributed by atoms with Crippen LogP contribution in [0.5, 0.6) is 11.5 Å². The Hall–Kier alpha value is -5.60. The Bertz CT molecular complexity index is 2180. The minimum absolute atomic E-state index is 0.110. The van der Waals surface area contributed by atoms with Crippen LogP contribution < -0.4 is 9.47 Å². The molecule has 0 aromatic heterocycles. The largest absolute Gasteiger partial charge is 0.491 e. The molecule has 0 radical (unpaired) electrons. The molecule has 0 fully saturated rings. The van der Waals surface area contributed by atoms with Crippen LogP contribution in [-0.4, -0.2) is 38.6 Å². The van der Waals surface area contributed by atoms with E-state index in [-0.39, 0.29) is 13.2 Å². The van der Waals surface area contributed by atoms with Gasteiger partial charge in [0.1, 0.15) is 24.7 Å². The Morgan fingerprint density at radius 2 is 1.61 bits per heavy atom. The second-order valence-corrected chi connectivity index (χ2v) is 12.2. The lowest BCUT2D eigenvalue weighted by Gasteiger charge is -2.22. The van der Waals surface area contributed by atoms with Gasteiger partial charge in [-0.05, 0) is 129 Å². The number of methoxy groups -OCH3 is 1. The average molecular weight is 675 g/mol. The standard InChI is InChI=1S/C47H46O4/c1-8-12-15-32(5)33(6)39(11-4)35-18-22-42-37(30-35)20-24-44(50-27-26-48)46(42)47-43-23-19-36(31-38(43)21-25-45(47)51-29-28-49-7)41-17-13-16-34(10-3)40(41)14-9-2/h1,9-12,14-15,17-25,30-31,48H,3-5,13,16,26-29H2,2,6-7H3/b14-9-,15-12-,39-33+. The number of benzene rings is 4. The molecule has 258 valence electrons. The average Bonchev–Trinajstić information content (AvgIpc) is 3.16. The van der Waals surface area contributed by atoms with Crippen molar-refractivity contribution in [3.63, 3.8) is 0 Å². The second-order valence-electron chi connectivity index (χ2n) is 12.2. The molecule has 4 heteroatoms. The summed E-state index contributed by atoms with van der Waals surface area (Å²) in [5.74, 6) is 3.91. The van der Waals surface area contributed by atoms with Gasteiger partial charge in [0.2, 0.25) is 0 Å². The third-order valence-electron chi connectivity index (χ3n) is 9.18. The van der Waals surface area contributed by atoms with Gasteiger partial charge in [0.05, 0.1) is 13.2 Å². The number of ether oxygens (including phenoxy) is 3. The van der Waals surface area contributed by atoms with Crippen molar-refractivity contribution >= 4 is 32.7 Å². The van der Waals surface area contributed by atoms with E-state index in [1.54, 1.807) is 13.2 Å². The van der Waals surface area contributed by atoms with Crippen molar-refractivity contribution in [2.24, 2.45) is 0 Å². The number of hydrogen-bond acceptors (Lipinski definition) is 4. The predicted molar refractivity (Wildman–Crippen MR) is 216 cm³/mol. The Morgan fingerprint density at radius 1 is 0.922 bits per heavy atom. The molecule has 4 aromatic rings. The zero-order valence-corrected chi connectivity index (χ0v) is 29.9. The monoisotopic (exact) mass is 674 g/mol. The Morgan fingerprint density at radius 3 is 2.24 bits per heavy atom. The SMILES string of the molecule is C#C/C=C\C(=C)/C(C)=C(\C=C)c1ccc2c(-c3c(OCCOC)ccc4cc(C5=CCCC(C=C)=C5/C=C\C)ccc34)c(OCCO)ccc2c1. The topological polar surface area (TPSA) is 47.9 Å². The molecule has 1 aliphatic carbocycles. The molecule has 1 aliphatic rings. The number of terminal acetylenes is 1. The fraction of sp³-hybridized carbons (Fsp3) is 0.191. The van der Waals surface area contributed by atoms with E-state index in [4.69, 9.17) is 20.6 Å². The van der Waals surface area contributed by atoms with Gasteiger partial charge in [-0.1, -0.05) is 92.4 Å². The van der Waals surface area contributed by atoms with E-state index in [0.29, 0.717) is 19.0 Å². The van der Waals surface area contributed by atoms with Crippen molar-refractivity contribution in [3.05, 3.63) is 156 Å². The van der Waals surface area contributed by atoms with Gasteiger partial charge < -0.3 is 19.3 Å². The molecule has 51 heavy (non-hydrogen) atoms. The number of aliphatic hydroxyl groups is 1. The first-order chi connectivity index (χ1) is 24.9. The Balaban J connectivity index is 1.77. The summed E-state index contributed by atoms with van der Waals surface area (Å²) in [7, 11) is 1.66. The first-order valence-electron chi connectivity index (χ1n) is 17.2. The fourth-order valence-electron chi connectivity index (χ4n) is 6.67. The van der Waals surface area contributed by atoms with Gasteiger partial charge in [-0.3, -0.25) is 0 Å². The first kappa shape index (κ1) is 36.7. The predicted octanol–water partition coefficient (Wildman–Crippen LogP) is 11.0. The van der Waals surface area contributed by atoms with Crippen LogP contribution >= 0.6 is 0 Å². The molecule has 0 atom stereocenters. The summed E-state index contributed by atoms with van der Waals surface area (Å²) >= 11 is 0. The zero-order chi connectivity index (χ0) is 36.3. The summed E-state index contributed by atoms with van der Waals surface area (Å²) in [5, 5.41) is 13.9. The van der Waals surface area contributed by atoms with Crippen LogP contribution in [0.4, 0.5) is 0 Å². The molecule has 0 saturated heterocycles. The summed E-state index contributed by atoms with van der Waals surface area (Å²) in [6, 6.07) is 21.2. The summed E-state index contributed by atoms with van der Waals surface area (Å²) in [6.07, 6.45) is 21.3. The van der Waals surface area contributed by atoms with Crippen molar-refractivity contribution in [2.45, 2.75) is 26.7 Å². The van der Waals surface area contributed by atoms with E-state index >= 15 is 0 Å². The summed E-state index contributed by atoms with van der Waals surface area (Å²) in [4.78, 5) is 0. The first-order valence-corrected chi connectivity index (χ1v) is 17.2. The van der Waals surface area contributed by atoms with Gasteiger partial charge in [-0.25, -0.2) is 0 Å². The Labute approximate surface area is 302 Å². The van der Waals surface area contributed by atoms with Crippen molar-refractivity contribution in [1.29, 1.82) is 0 Å². The normalized spacial score (nSPS) is 13.7. The van der Waals surface area contributed by atoms with Gasteiger partial charge >= 0.3 is 0 Å². The maximum atomic E-state index is 9.78. The smallest absolute Gasteiger partial charge is 0.128 e. The number of rotatable bonds is 15. The highest BCUT2D eigenvalue weighted by atomic mass is 16.5. The van der Waals surface area contributed by atoms with Gasteiger partial charge in [-0.2, -0.15) is 0 Å². The lowest BCUT2D eigenvalue weighted by molar-refractivity contribution is 0.146. The van der Waals surface area contributed by atoms with Crippen molar-refractivity contribution in [2.75, 3.05) is 33.5 Å². The van der Waals surface area contributed by atoms with Gasteiger partial charge in [0, 0.05) is 18.2 Å². The van der Waals surface area contributed by atoms with E-state index in [9.17, 15) is 5.11 Å². The van der Waals surface area contributed by atoms with E-state index in [2.05, 4.69) is 92.4 Å². The molecule has 0 aliphatic heterocycles. The summed E-state index contributed by atoms with van der Waals surface area (Å²) in [5.41, 5.74) is 10.4. The Kier molecular flexibility index (Phi) is 12.5. The zero-order valence-electron chi connectivity index (χ0n) is 29.9. The van der Waals surface area contributed by atoms with Gasteiger partial charge in [-0.15, -0.1) is 6.42 Å². The maximum Gasteiger partial charge on any atom is 0.128 e. The number of hydrogen-bond donors (Lipinski definition) is 1. The second kappa shape index (κ2) is 17.4. The van der Waals surface area contributed by atoms with Crippen LogP contribution in [0.25, 0.3) is 43.8 Å². The molecule has 0 heterocycles. The molecule has 5 rings (SSSR count). The van der Waals surface area contributed by atoms with Gasteiger partial charge in [0.25, 0.3) is 0 Å². The molecule has 0 amide bonds. The molecule has 4 aromatic carbocycles. The minimum Gasteiger partial charge on any atom is -0.491 e. The van der Waals surface area contributed by atoms with E-state index in [1.807, 2.05) is 44.2 Å². The van der Waals surface area contributed by atoms with Crippen LogP contribution in [-0.2, 0) is 4.74 Å². The molecular weight excluding hydrogens is 629 g/mol. The maximum absolute atomic E-state index is 9.78. The van der Waals surface area contributed by atoms with Crippen molar-refractivity contribution in [1.82, 2.24) is 0 Å². The molecule has 0 spiro atoms. The lowest BCUT2D eigenvalue weighted by atomic mass is 9.85. The van der Waals surface area contributed by atoms with Crippen LogP contribution in [0.15, 0.2) is 145 Å². The lowest BCUT2D eigenvalue weighted by Crippen LogP contribution is -2.07. The van der Waals surface area contributed by atoms with Crippen LogP contribution in [0, 0.1) is 12.3 Å². The molecule has 0 unspecified atom stereocenters. The third kappa shape index (κ3) is 7.92. The number of fused-ring (bicyclic) bond motifs is 2. The quantitative estimate of drug-likeness (QED) is 0.0775. The van der Waals surface area contributed by atoms with E-state index < -0.39 is 0 Å². The van der Waals surface area contributed by atoms with Crippen molar-refractivity contribution in [3.8, 4) is 35.0 Å².